The van der Waals surface area contributed by atoms with Crippen molar-refractivity contribution in [2.45, 2.75) is 31.9 Å². The summed E-state index contributed by atoms with van der Waals surface area (Å²) in [4.78, 5) is 0. The van der Waals surface area contributed by atoms with E-state index in [9.17, 15) is 8.42 Å². The molecule has 10 heavy (non-hydrogen) atoms. The molecule has 1 rings (SSSR count). The normalized spacial score (nSPS) is 38.2. The first-order valence-electron chi connectivity index (χ1n) is 3.78. The molecule has 1 fully saturated rings. The third kappa shape index (κ3) is 1.34. The van der Waals surface area contributed by atoms with Crippen molar-refractivity contribution in [2.75, 3.05) is 5.75 Å². The van der Waals surface area contributed by atoms with Crippen molar-refractivity contribution in [3.63, 3.8) is 0 Å². The highest BCUT2D eigenvalue weighted by atomic mass is 32.2. The average molecular weight is 162 g/mol. The first-order chi connectivity index (χ1) is 4.56. The molecule has 0 bridgehead atoms. The van der Waals surface area contributed by atoms with Gasteiger partial charge in [0.05, 0.1) is 11.0 Å². The highest BCUT2D eigenvalue weighted by Gasteiger charge is 2.33. The van der Waals surface area contributed by atoms with Crippen molar-refractivity contribution < 1.29 is 8.42 Å². The molecule has 0 saturated carbocycles. The summed E-state index contributed by atoms with van der Waals surface area (Å²) in [7, 11) is -2.69. The summed E-state index contributed by atoms with van der Waals surface area (Å²) in [6.45, 7) is 3.86. The van der Waals surface area contributed by atoms with Gasteiger partial charge in [-0.15, -0.1) is 0 Å². The van der Waals surface area contributed by atoms with Crippen LogP contribution in [0.4, 0.5) is 0 Å². The van der Waals surface area contributed by atoms with E-state index in [1.54, 1.807) is 0 Å². The summed E-state index contributed by atoms with van der Waals surface area (Å²) in [6, 6.07) is 0. The average Bonchev–Trinajstić information content (AvgIpc) is 2.08. The molecule has 1 saturated heterocycles. The van der Waals surface area contributed by atoms with Gasteiger partial charge in [-0.1, -0.05) is 13.3 Å². The van der Waals surface area contributed by atoms with Crippen LogP contribution in [0.3, 0.4) is 0 Å². The largest absolute Gasteiger partial charge is 0.229 e. The zero-order valence-electron chi connectivity index (χ0n) is 6.50. The van der Waals surface area contributed by atoms with Gasteiger partial charge in [-0.3, -0.25) is 0 Å². The van der Waals surface area contributed by atoms with Crippen molar-refractivity contribution in [2.24, 2.45) is 5.92 Å². The number of rotatable bonds is 1. The lowest BCUT2D eigenvalue weighted by molar-refractivity contribution is 0.550. The lowest BCUT2D eigenvalue weighted by Crippen LogP contribution is -2.10. The minimum atomic E-state index is -2.69. The van der Waals surface area contributed by atoms with Crippen LogP contribution in [-0.4, -0.2) is 19.4 Å². The van der Waals surface area contributed by atoms with Crippen LogP contribution in [0.15, 0.2) is 0 Å². The third-order valence-electron chi connectivity index (χ3n) is 2.32. The lowest BCUT2D eigenvalue weighted by Gasteiger charge is -1.99. The molecule has 2 nitrogen and oxygen atoms in total. The maximum Gasteiger partial charge on any atom is 0.153 e. The van der Waals surface area contributed by atoms with Crippen LogP contribution in [0.2, 0.25) is 0 Å². The van der Waals surface area contributed by atoms with Crippen LogP contribution in [0.25, 0.3) is 0 Å². The van der Waals surface area contributed by atoms with E-state index in [-0.39, 0.29) is 5.25 Å². The van der Waals surface area contributed by atoms with Gasteiger partial charge in [-0.25, -0.2) is 8.42 Å². The SMILES string of the molecule is CCC1CC(C)S(=O)(=O)C1. The van der Waals surface area contributed by atoms with Gasteiger partial charge in [0.25, 0.3) is 0 Å². The third-order valence-corrected chi connectivity index (χ3v) is 4.68. The quantitative estimate of drug-likeness (QED) is 0.581. The zero-order chi connectivity index (χ0) is 7.78. The molecule has 0 aliphatic carbocycles. The van der Waals surface area contributed by atoms with Crippen LogP contribution < -0.4 is 0 Å². The van der Waals surface area contributed by atoms with Gasteiger partial charge in [0.2, 0.25) is 0 Å². The second kappa shape index (κ2) is 2.53. The van der Waals surface area contributed by atoms with Crippen LogP contribution in [0.5, 0.6) is 0 Å². The Morgan fingerprint density at radius 3 is 2.30 bits per heavy atom. The molecular weight excluding hydrogens is 148 g/mol. The summed E-state index contributed by atoms with van der Waals surface area (Å²) in [5, 5.41) is -0.0857. The molecule has 0 aromatic carbocycles. The number of sulfone groups is 1. The van der Waals surface area contributed by atoms with Crippen molar-refractivity contribution in [3.8, 4) is 0 Å². The Kier molecular flexibility index (Phi) is 2.04. The van der Waals surface area contributed by atoms with Crippen LogP contribution in [0.1, 0.15) is 26.7 Å². The second-order valence-corrected chi connectivity index (χ2v) is 5.61. The smallest absolute Gasteiger partial charge is 0.153 e. The molecule has 0 aromatic heterocycles. The molecule has 1 heterocycles. The van der Waals surface area contributed by atoms with Crippen LogP contribution in [0, 0.1) is 5.92 Å². The molecule has 0 N–H and O–H groups in total. The van der Waals surface area contributed by atoms with Gasteiger partial charge in [0, 0.05) is 0 Å². The van der Waals surface area contributed by atoms with E-state index < -0.39 is 9.84 Å². The highest BCUT2D eigenvalue weighted by Crippen LogP contribution is 2.27. The van der Waals surface area contributed by atoms with E-state index in [4.69, 9.17) is 0 Å². The van der Waals surface area contributed by atoms with Crippen molar-refractivity contribution in [1.29, 1.82) is 0 Å². The van der Waals surface area contributed by atoms with E-state index >= 15 is 0 Å². The first-order valence-corrected chi connectivity index (χ1v) is 5.49. The van der Waals surface area contributed by atoms with Crippen LogP contribution >= 0.6 is 0 Å². The van der Waals surface area contributed by atoms with Crippen molar-refractivity contribution >= 4 is 9.84 Å². The number of hydrogen-bond donors (Lipinski definition) is 0. The molecule has 3 heteroatoms. The fourth-order valence-corrected chi connectivity index (χ4v) is 3.38. The summed E-state index contributed by atoms with van der Waals surface area (Å²) in [5.41, 5.74) is 0. The van der Waals surface area contributed by atoms with Gasteiger partial charge < -0.3 is 0 Å². The van der Waals surface area contributed by atoms with Gasteiger partial charge in [0.15, 0.2) is 9.84 Å². The Bertz CT molecular complexity index is 206. The van der Waals surface area contributed by atoms with E-state index in [1.807, 2.05) is 6.92 Å². The molecule has 2 atom stereocenters. The van der Waals surface area contributed by atoms with Gasteiger partial charge in [-0.2, -0.15) is 0 Å². The Morgan fingerprint density at radius 2 is 2.10 bits per heavy atom. The molecule has 1 aliphatic heterocycles. The molecule has 60 valence electrons. The van der Waals surface area contributed by atoms with Gasteiger partial charge in [0.1, 0.15) is 0 Å². The molecule has 0 radical (unpaired) electrons. The monoisotopic (exact) mass is 162 g/mol. The molecule has 2 unspecified atom stereocenters. The second-order valence-electron chi connectivity index (χ2n) is 3.15. The van der Waals surface area contributed by atoms with Crippen molar-refractivity contribution in [1.82, 2.24) is 0 Å². The topological polar surface area (TPSA) is 34.1 Å². The molecular formula is C7H14O2S. The Balaban J connectivity index is 2.71. The maximum atomic E-state index is 11.1. The Morgan fingerprint density at radius 1 is 1.50 bits per heavy atom. The van der Waals surface area contributed by atoms with E-state index in [2.05, 4.69) is 6.92 Å². The minimum absolute atomic E-state index is 0.0857. The lowest BCUT2D eigenvalue weighted by atomic mass is 10.0. The summed E-state index contributed by atoms with van der Waals surface area (Å²) in [6.07, 6.45) is 1.88. The predicted octanol–water partition coefficient (Wildman–Crippen LogP) is 1.22. The standard InChI is InChI=1S/C7H14O2S/c1-3-7-4-6(2)10(8,9)5-7/h6-7H,3-5H2,1-2H3. The van der Waals surface area contributed by atoms with Gasteiger partial charge in [-0.05, 0) is 19.3 Å². The Labute approximate surface area is 62.5 Å². The van der Waals surface area contributed by atoms with Crippen LogP contribution in [-0.2, 0) is 9.84 Å². The summed E-state index contributed by atoms with van der Waals surface area (Å²) >= 11 is 0. The van der Waals surface area contributed by atoms with E-state index in [0.717, 1.165) is 12.8 Å². The molecule has 1 aliphatic rings. The zero-order valence-corrected chi connectivity index (χ0v) is 7.32. The van der Waals surface area contributed by atoms with E-state index in [1.165, 1.54) is 0 Å². The molecule has 0 spiro atoms. The molecule has 0 amide bonds. The predicted molar refractivity (Wildman–Crippen MR) is 41.6 cm³/mol. The fourth-order valence-electron chi connectivity index (χ4n) is 1.46. The van der Waals surface area contributed by atoms with E-state index in [0.29, 0.717) is 11.7 Å². The fraction of sp³-hybridized carbons (Fsp3) is 1.00. The summed E-state index contributed by atoms with van der Waals surface area (Å²) < 4.78 is 22.3. The van der Waals surface area contributed by atoms with Gasteiger partial charge >= 0.3 is 0 Å². The maximum absolute atomic E-state index is 11.1. The first kappa shape index (κ1) is 8.05. The Hall–Kier alpha value is -0.0500. The summed E-state index contributed by atoms with van der Waals surface area (Å²) in [5.74, 6) is 0.852. The van der Waals surface area contributed by atoms with Crippen molar-refractivity contribution in [3.05, 3.63) is 0 Å². The molecule has 0 aromatic rings. The number of hydrogen-bond acceptors (Lipinski definition) is 2. The highest BCUT2D eigenvalue weighted by molar-refractivity contribution is 7.92. The minimum Gasteiger partial charge on any atom is -0.229 e.